The SMILES string of the molecule is Cc1cccnc1-c1cc(-n2c3ccccc3c3cc(C#N)ccc32)cc(-n2c3ccccc3c3cc(-n4c5ccccc5c5ccccc54)ccc32)c1.Cc1cccnc1-c1cc(Br)cc(-n2c3ccccc3c3cc(-n4c5ccccc5c5ccccc54)ccc32)c1.N#Cc1ccc2c(c1)-c1ccccc1C2. The summed E-state index contributed by atoms with van der Waals surface area (Å²) in [7, 11) is 0. The first-order chi connectivity index (χ1) is 53.7. The van der Waals surface area contributed by atoms with Crippen LogP contribution in [0, 0.1) is 36.5 Å². The maximum absolute atomic E-state index is 9.79. The monoisotopic (exact) mass is 1460 g/mol. The van der Waals surface area contributed by atoms with Crippen molar-refractivity contribution in [1.82, 2.24) is 32.8 Å². The molecule has 109 heavy (non-hydrogen) atoms. The summed E-state index contributed by atoms with van der Waals surface area (Å²) < 4.78 is 12.9. The number of aryl methyl sites for hydroxylation is 2. The minimum Gasteiger partial charge on any atom is -0.309 e. The van der Waals surface area contributed by atoms with Crippen molar-refractivity contribution in [2.24, 2.45) is 0 Å². The predicted octanol–water partition coefficient (Wildman–Crippen LogP) is 25.4. The average molecular weight is 1460 g/mol. The summed E-state index contributed by atoms with van der Waals surface area (Å²) in [5, 5.41) is 30.7. The van der Waals surface area contributed by atoms with Crippen LogP contribution in [0.2, 0.25) is 0 Å². The summed E-state index contributed by atoms with van der Waals surface area (Å²) in [4.78, 5) is 9.59. The molecule has 0 N–H and O–H groups in total. The molecular formula is C99H64BrN9. The van der Waals surface area contributed by atoms with E-state index in [0.717, 1.165) is 111 Å². The number of aromatic nitrogens is 7. The lowest BCUT2D eigenvalue weighted by Crippen LogP contribution is -2.01. The van der Waals surface area contributed by atoms with E-state index < -0.39 is 0 Å². The molecule has 0 saturated heterocycles. The Hall–Kier alpha value is -14.2. The van der Waals surface area contributed by atoms with Gasteiger partial charge in [-0.05, 0) is 211 Å². The lowest BCUT2D eigenvalue weighted by atomic mass is 10.0. The highest BCUT2D eigenvalue weighted by Crippen LogP contribution is 2.44. The number of benzene rings is 14. The van der Waals surface area contributed by atoms with Crippen molar-refractivity contribution in [3.05, 3.63) is 378 Å². The Kier molecular flexibility index (Phi) is 15.5. The minimum atomic E-state index is 0.648. The van der Waals surface area contributed by atoms with Crippen molar-refractivity contribution in [2.75, 3.05) is 0 Å². The largest absolute Gasteiger partial charge is 0.309 e. The number of fused-ring (bicyclic) bond motifs is 18. The van der Waals surface area contributed by atoms with E-state index in [1.165, 1.54) is 98.4 Å². The molecule has 1 aliphatic carbocycles. The first kappa shape index (κ1) is 64.4. The van der Waals surface area contributed by atoms with Crippen LogP contribution in [0.5, 0.6) is 0 Å². The molecule has 0 spiro atoms. The summed E-state index contributed by atoms with van der Waals surface area (Å²) >= 11 is 3.79. The standard InChI is InChI=1S/C49H31N5.C36H24BrN3.C14H9N/c1-31-11-10-24-51-49(31)33-26-35(53-45-18-8-4-14-39(45)41-25-32(30-50)20-22-47(41)53)28-36(27-33)54-46-19-9-5-15-40(46)42-29-34(21-23-48(42)54)52-43-16-6-2-12-37(43)38-13-3-7-17-44(38)52;1-23-9-8-18-38-36(23)24-19-25(37)21-27(20-24)40-34-15-7-4-12-30(34)31-22-26(16-17-35(31)40)39-32-13-5-2-10-28(32)29-11-3-6-14-33(29)39;15-9-10-5-6-12-8-11-3-1-2-4-13(11)14(12)7-10/h2-29H,1H3;2-22H,1H3;1-7H,8H2. The Bertz CT molecular complexity index is 7320. The van der Waals surface area contributed by atoms with Crippen LogP contribution in [0.1, 0.15) is 33.4 Å². The van der Waals surface area contributed by atoms with Crippen LogP contribution < -0.4 is 0 Å². The molecule has 22 rings (SSSR count). The summed E-state index contributed by atoms with van der Waals surface area (Å²) in [6.45, 7) is 4.23. The number of halogens is 1. The van der Waals surface area contributed by atoms with E-state index >= 15 is 0 Å². The lowest BCUT2D eigenvalue weighted by molar-refractivity contribution is 1.13. The van der Waals surface area contributed by atoms with Gasteiger partial charge in [0.05, 0.1) is 89.8 Å². The van der Waals surface area contributed by atoms with E-state index in [9.17, 15) is 5.26 Å². The van der Waals surface area contributed by atoms with Gasteiger partial charge in [0.2, 0.25) is 0 Å². The van der Waals surface area contributed by atoms with E-state index in [1.807, 2.05) is 54.9 Å². The molecule has 0 radical (unpaired) electrons. The van der Waals surface area contributed by atoms with Crippen molar-refractivity contribution in [3.63, 3.8) is 0 Å². The maximum Gasteiger partial charge on any atom is 0.0991 e. The van der Waals surface area contributed by atoms with Crippen LogP contribution in [0.25, 0.3) is 171 Å². The fourth-order valence-corrected chi connectivity index (χ4v) is 17.6. The van der Waals surface area contributed by atoms with Crippen LogP contribution in [-0.4, -0.2) is 32.8 Å². The third-order valence-electron chi connectivity index (χ3n) is 21.8. The van der Waals surface area contributed by atoms with Crippen LogP contribution in [0.15, 0.2) is 344 Å². The van der Waals surface area contributed by atoms with Gasteiger partial charge in [-0.15, -0.1) is 0 Å². The zero-order valence-corrected chi connectivity index (χ0v) is 61.0. The highest BCUT2D eigenvalue weighted by molar-refractivity contribution is 9.10. The van der Waals surface area contributed by atoms with Crippen molar-refractivity contribution >= 4 is 125 Å². The van der Waals surface area contributed by atoms with E-state index in [-0.39, 0.29) is 0 Å². The first-order valence-electron chi connectivity index (χ1n) is 36.6. The Labute approximate surface area is 636 Å². The minimum absolute atomic E-state index is 0.648. The van der Waals surface area contributed by atoms with Gasteiger partial charge in [-0.2, -0.15) is 10.5 Å². The second kappa shape index (κ2) is 26.2. The molecule has 21 aromatic rings. The van der Waals surface area contributed by atoms with Gasteiger partial charge in [0, 0.05) is 110 Å². The molecule has 14 aromatic carbocycles. The number of nitrogens with zero attached hydrogens (tertiary/aromatic N) is 9. The highest BCUT2D eigenvalue weighted by Gasteiger charge is 2.24. The van der Waals surface area contributed by atoms with Gasteiger partial charge >= 0.3 is 0 Å². The van der Waals surface area contributed by atoms with Gasteiger partial charge in [0.25, 0.3) is 0 Å². The Morgan fingerprint density at radius 2 is 0.606 bits per heavy atom. The molecule has 0 fully saturated rings. The third-order valence-corrected chi connectivity index (χ3v) is 22.3. The Balaban J connectivity index is 0.000000123. The molecule has 512 valence electrons. The van der Waals surface area contributed by atoms with Crippen molar-refractivity contribution in [1.29, 1.82) is 10.5 Å². The fourth-order valence-electron chi connectivity index (χ4n) is 17.1. The molecular weight excluding hydrogens is 1400 g/mol. The number of nitriles is 2. The molecule has 0 unspecified atom stereocenters. The van der Waals surface area contributed by atoms with Gasteiger partial charge in [-0.25, -0.2) is 0 Å². The molecule has 7 aromatic heterocycles. The molecule has 7 heterocycles. The van der Waals surface area contributed by atoms with Gasteiger partial charge in [-0.1, -0.05) is 186 Å². The predicted molar refractivity (Wildman–Crippen MR) is 452 cm³/mol. The van der Waals surface area contributed by atoms with Gasteiger partial charge in [0.15, 0.2) is 0 Å². The molecule has 0 bridgehead atoms. The zero-order chi connectivity index (χ0) is 73.0. The number of hydrogen-bond donors (Lipinski definition) is 0. The van der Waals surface area contributed by atoms with Gasteiger partial charge in [-0.3, -0.25) is 9.97 Å². The van der Waals surface area contributed by atoms with E-state index in [4.69, 9.17) is 15.2 Å². The van der Waals surface area contributed by atoms with Gasteiger partial charge in [0.1, 0.15) is 0 Å². The summed E-state index contributed by atoms with van der Waals surface area (Å²) in [5.74, 6) is 0. The van der Waals surface area contributed by atoms with E-state index in [2.05, 4.69) is 350 Å². The third kappa shape index (κ3) is 10.7. The van der Waals surface area contributed by atoms with Crippen LogP contribution in [0.4, 0.5) is 0 Å². The molecule has 1 aliphatic rings. The maximum atomic E-state index is 9.79. The number of rotatable bonds is 7. The summed E-state index contributed by atoms with van der Waals surface area (Å²) in [6, 6.07) is 121. The second-order valence-electron chi connectivity index (χ2n) is 28.1. The molecule has 0 saturated carbocycles. The Morgan fingerprint density at radius 1 is 0.275 bits per heavy atom. The highest BCUT2D eigenvalue weighted by atomic mass is 79.9. The van der Waals surface area contributed by atoms with Crippen molar-refractivity contribution < 1.29 is 0 Å². The lowest BCUT2D eigenvalue weighted by Gasteiger charge is -2.16. The number of hydrogen-bond acceptors (Lipinski definition) is 4. The summed E-state index contributed by atoms with van der Waals surface area (Å²) in [6.07, 6.45) is 4.73. The molecule has 0 amide bonds. The quantitative estimate of drug-likeness (QED) is 0.159. The normalized spacial score (nSPS) is 11.8. The Morgan fingerprint density at radius 3 is 1.04 bits per heavy atom. The molecule has 10 heteroatoms. The molecule has 0 atom stereocenters. The fraction of sp³-hybridized carbons (Fsp3) is 0.0303. The van der Waals surface area contributed by atoms with E-state index in [0.29, 0.717) is 5.56 Å². The number of pyridine rings is 2. The van der Waals surface area contributed by atoms with Crippen molar-refractivity contribution in [2.45, 2.75) is 20.3 Å². The first-order valence-corrected chi connectivity index (χ1v) is 37.4. The smallest absolute Gasteiger partial charge is 0.0991 e. The summed E-state index contributed by atoms with van der Waals surface area (Å²) in [5.41, 5.74) is 30.0. The van der Waals surface area contributed by atoms with Crippen LogP contribution >= 0.6 is 15.9 Å². The molecule has 0 aliphatic heterocycles. The van der Waals surface area contributed by atoms with Gasteiger partial charge < -0.3 is 22.8 Å². The zero-order valence-electron chi connectivity index (χ0n) is 59.4. The van der Waals surface area contributed by atoms with Crippen LogP contribution in [0.3, 0.4) is 0 Å². The van der Waals surface area contributed by atoms with Crippen LogP contribution in [-0.2, 0) is 6.42 Å². The molecule has 9 nitrogen and oxygen atoms in total. The van der Waals surface area contributed by atoms with E-state index in [1.54, 1.807) is 0 Å². The average Bonchev–Trinajstić information content (AvgIpc) is 1.58. The van der Waals surface area contributed by atoms with Crippen molar-refractivity contribution in [3.8, 4) is 74.2 Å². The topological polar surface area (TPSA) is 98.0 Å². The number of para-hydroxylation sites is 7. The second-order valence-corrected chi connectivity index (χ2v) is 29.1.